The number of likely N-dealkylation sites (N-methyl/N-ethyl adjacent to an activating group) is 1. The van der Waals surface area contributed by atoms with Crippen LogP contribution in [-0.4, -0.2) is 52.9 Å². The van der Waals surface area contributed by atoms with Gasteiger partial charge in [0.15, 0.2) is 0 Å². The molecule has 0 spiro atoms. The largest absolute Gasteiger partial charge is 0.332 e. The number of hydrogen-bond acceptors (Lipinski definition) is 5. The van der Waals surface area contributed by atoms with Gasteiger partial charge < -0.3 is 9.80 Å². The Morgan fingerprint density at radius 2 is 1.70 bits per heavy atom. The molecule has 0 aromatic carbocycles. The van der Waals surface area contributed by atoms with Crippen LogP contribution in [0.1, 0.15) is 76.5 Å². The number of Topliss-reactive ketones (excluding diaryl/α,β-unsaturated/α-hetero) is 1. The third kappa shape index (κ3) is 4.34. The van der Waals surface area contributed by atoms with E-state index < -0.39 is 0 Å². The average Bonchev–Trinajstić information content (AvgIpc) is 2.67. The van der Waals surface area contributed by atoms with Crippen molar-refractivity contribution < 1.29 is 4.79 Å². The molecule has 1 saturated heterocycles. The van der Waals surface area contributed by atoms with E-state index in [4.69, 9.17) is 9.97 Å². The minimum atomic E-state index is 0.266. The number of anilines is 1. The first-order valence-electron chi connectivity index (χ1n) is 10.7. The Balaban J connectivity index is 1.78. The number of carbonyl (C=O) groups excluding carboxylic acids is 1. The first-order chi connectivity index (χ1) is 12.9. The summed E-state index contributed by atoms with van der Waals surface area (Å²) in [6.07, 6.45) is 8.48. The number of nitrogens with zero attached hydrogens (tertiary/aromatic N) is 4. The van der Waals surface area contributed by atoms with Crippen molar-refractivity contribution in [3.05, 3.63) is 17.5 Å². The standard InChI is InChI=1S/C22H36N4O/c1-6-19-13-25(5)14-20(7-2)26(19)22-23-12-21(15(3)24-22)18-10-8-17(9-11-18)16(4)27/h12,17-20H,6-11,13-14H2,1-5H3/t17-,18+,19?,20?. The molecule has 1 aliphatic carbocycles. The van der Waals surface area contributed by atoms with Gasteiger partial charge in [-0.2, -0.15) is 0 Å². The van der Waals surface area contributed by atoms with E-state index in [0.717, 1.165) is 63.3 Å². The van der Waals surface area contributed by atoms with Gasteiger partial charge in [0.1, 0.15) is 5.78 Å². The SMILES string of the molecule is CCC1CN(C)CC(CC)N1c1ncc([C@H]2CC[C@@H](C(C)=O)CC2)c(C)n1. The van der Waals surface area contributed by atoms with Crippen molar-refractivity contribution in [3.8, 4) is 0 Å². The highest BCUT2D eigenvalue weighted by atomic mass is 16.1. The molecule has 2 atom stereocenters. The lowest BCUT2D eigenvalue weighted by atomic mass is 9.77. The summed E-state index contributed by atoms with van der Waals surface area (Å²) in [7, 11) is 2.22. The minimum absolute atomic E-state index is 0.266. The topological polar surface area (TPSA) is 49.3 Å². The van der Waals surface area contributed by atoms with Crippen LogP contribution in [0.5, 0.6) is 0 Å². The minimum Gasteiger partial charge on any atom is -0.332 e. The molecule has 2 fully saturated rings. The Morgan fingerprint density at radius 1 is 1.11 bits per heavy atom. The van der Waals surface area contributed by atoms with Gasteiger partial charge in [-0.3, -0.25) is 4.79 Å². The number of carbonyl (C=O) groups is 1. The first kappa shape index (κ1) is 20.2. The van der Waals surface area contributed by atoms with Crippen LogP contribution in [0.25, 0.3) is 0 Å². The van der Waals surface area contributed by atoms with Gasteiger partial charge in [0.2, 0.25) is 5.95 Å². The first-order valence-corrected chi connectivity index (χ1v) is 10.7. The number of hydrogen-bond donors (Lipinski definition) is 0. The molecule has 5 heteroatoms. The molecule has 2 heterocycles. The summed E-state index contributed by atoms with van der Waals surface area (Å²) in [5.41, 5.74) is 2.41. The number of aromatic nitrogens is 2. The van der Waals surface area contributed by atoms with Gasteiger partial charge in [-0.05, 0) is 70.9 Å². The van der Waals surface area contributed by atoms with Gasteiger partial charge >= 0.3 is 0 Å². The summed E-state index contributed by atoms with van der Waals surface area (Å²) >= 11 is 0. The van der Waals surface area contributed by atoms with Crippen molar-refractivity contribution in [2.45, 2.75) is 84.2 Å². The molecule has 2 aliphatic rings. The Kier molecular flexibility index (Phi) is 6.51. The van der Waals surface area contributed by atoms with Gasteiger partial charge in [0.05, 0.1) is 0 Å². The normalized spacial score (nSPS) is 29.7. The maximum absolute atomic E-state index is 11.6. The predicted molar refractivity (Wildman–Crippen MR) is 110 cm³/mol. The zero-order valence-electron chi connectivity index (χ0n) is 17.7. The zero-order chi connectivity index (χ0) is 19.6. The van der Waals surface area contributed by atoms with E-state index in [1.165, 1.54) is 5.56 Å². The summed E-state index contributed by atoms with van der Waals surface area (Å²) < 4.78 is 0. The molecule has 0 amide bonds. The molecule has 5 nitrogen and oxygen atoms in total. The van der Waals surface area contributed by atoms with Crippen molar-refractivity contribution in [1.82, 2.24) is 14.9 Å². The van der Waals surface area contributed by atoms with Crippen molar-refractivity contribution in [2.24, 2.45) is 5.92 Å². The van der Waals surface area contributed by atoms with Gasteiger partial charge in [0, 0.05) is 43.0 Å². The molecule has 27 heavy (non-hydrogen) atoms. The molecule has 1 aliphatic heterocycles. The van der Waals surface area contributed by atoms with Crippen LogP contribution in [0, 0.1) is 12.8 Å². The van der Waals surface area contributed by atoms with Crippen molar-refractivity contribution in [3.63, 3.8) is 0 Å². The smallest absolute Gasteiger partial charge is 0.226 e. The maximum Gasteiger partial charge on any atom is 0.226 e. The second-order valence-corrected chi connectivity index (χ2v) is 8.62. The molecule has 150 valence electrons. The summed E-state index contributed by atoms with van der Waals surface area (Å²) in [5, 5.41) is 0. The summed E-state index contributed by atoms with van der Waals surface area (Å²) in [6.45, 7) is 10.5. The summed E-state index contributed by atoms with van der Waals surface area (Å²) in [5.74, 6) is 2.03. The Morgan fingerprint density at radius 3 is 2.19 bits per heavy atom. The van der Waals surface area contributed by atoms with Gasteiger partial charge in [-0.1, -0.05) is 13.8 Å². The van der Waals surface area contributed by atoms with E-state index in [2.05, 4.69) is 43.8 Å². The monoisotopic (exact) mass is 372 g/mol. The van der Waals surface area contributed by atoms with Crippen LogP contribution >= 0.6 is 0 Å². The summed E-state index contributed by atoms with van der Waals surface area (Å²) in [6, 6.07) is 0.954. The molecule has 2 unspecified atom stereocenters. The molecule has 0 radical (unpaired) electrons. The van der Waals surface area contributed by atoms with Crippen LogP contribution < -0.4 is 4.90 Å². The van der Waals surface area contributed by atoms with Gasteiger partial charge in [0.25, 0.3) is 0 Å². The lowest BCUT2D eigenvalue weighted by Crippen LogP contribution is -2.58. The molecule has 0 N–H and O–H groups in total. The van der Waals surface area contributed by atoms with Crippen molar-refractivity contribution in [2.75, 3.05) is 25.0 Å². The van der Waals surface area contributed by atoms with Gasteiger partial charge in [-0.25, -0.2) is 9.97 Å². The molecule has 0 bridgehead atoms. The van der Waals surface area contributed by atoms with Gasteiger partial charge in [-0.15, -0.1) is 0 Å². The quantitative estimate of drug-likeness (QED) is 0.783. The van der Waals surface area contributed by atoms with Crippen LogP contribution in [0.4, 0.5) is 5.95 Å². The van der Waals surface area contributed by atoms with Crippen molar-refractivity contribution >= 4 is 11.7 Å². The highest BCUT2D eigenvalue weighted by Gasteiger charge is 2.33. The van der Waals surface area contributed by atoms with Crippen LogP contribution in [-0.2, 0) is 4.79 Å². The van der Waals surface area contributed by atoms with Crippen LogP contribution in [0.15, 0.2) is 6.20 Å². The number of ketones is 1. The van der Waals surface area contributed by atoms with E-state index in [-0.39, 0.29) is 5.92 Å². The molecule has 1 aromatic heterocycles. The lowest BCUT2D eigenvalue weighted by molar-refractivity contribution is -0.121. The Labute approximate surface area is 164 Å². The van der Waals surface area contributed by atoms with Crippen LogP contribution in [0.2, 0.25) is 0 Å². The predicted octanol–water partition coefficient (Wildman–Crippen LogP) is 3.96. The fourth-order valence-electron chi connectivity index (χ4n) is 5.05. The lowest BCUT2D eigenvalue weighted by Gasteiger charge is -2.45. The highest BCUT2D eigenvalue weighted by Crippen LogP contribution is 2.37. The van der Waals surface area contributed by atoms with Crippen LogP contribution in [0.3, 0.4) is 0 Å². The Hall–Kier alpha value is -1.49. The maximum atomic E-state index is 11.6. The van der Waals surface area contributed by atoms with E-state index in [1.54, 1.807) is 6.92 Å². The molecular weight excluding hydrogens is 336 g/mol. The average molecular weight is 373 g/mol. The molecule has 1 aromatic rings. The second kappa shape index (κ2) is 8.68. The Bertz CT molecular complexity index is 640. The molecule has 1 saturated carbocycles. The van der Waals surface area contributed by atoms with E-state index >= 15 is 0 Å². The van der Waals surface area contributed by atoms with E-state index in [0.29, 0.717) is 23.8 Å². The fraction of sp³-hybridized carbons (Fsp3) is 0.773. The van der Waals surface area contributed by atoms with E-state index in [1.807, 2.05) is 0 Å². The summed E-state index contributed by atoms with van der Waals surface area (Å²) in [4.78, 5) is 26.4. The molecule has 3 rings (SSSR count). The highest BCUT2D eigenvalue weighted by molar-refractivity contribution is 5.78. The third-order valence-corrected chi connectivity index (χ3v) is 6.75. The number of aryl methyl sites for hydroxylation is 1. The van der Waals surface area contributed by atoms with Crippen molar-refractivity contribution in [1.29, 1.82) is 0 Å². The number of piperazine rings is 1. The fourth-order valence-corrected chi connectivity index (χ4v) is 5.05. The zero-order valence-corrected chi connectivity index (χ0v) is 17.7. The number of rotatable bonds is 5. The third-order valence-electron chi connectivity index (χ3n) is 6.75. The second-order valence-electron chi connectivity index (χ2n) is 8.62. The molecular formula is C22H36N4O. The van der Waals surface area contributed by atoms with E-state index in [9.17, 15) is 4.79 Å².